The van der Waals surface area contributed by atoms with E-state index in [2.05, 4.69) is 5.32 Å². The summed E-state index contributed by atoms with van der Waals surface area (Å²) < 4.78 is 10.8. The van der Waals surface area contributed by atoms with Crippen molar-refractivity contribution in [1.29, 1.82) is 0 Å². The van der Waals surface area contributed by atoms with Crippen LogP contribution in [0.2, 0.25) is 0 Å². The molecule has 2 aromatic carbocycles. The van der Waals surface area contributed by atoms with Crippen LogP contribution in [0.4, 0.5) is 4.79 Å². The lowest BCUT2D eigenvalue weighted by Gasteiger charge is -2.24. The van der Waals surface area contributed by atoms with Gasteiger partial charge < -0.3 is 19.7 Å². The van der Waals surface area contributed by atoms with Crippen LogP contribution in [0.15, 0.2) is 48.5 Å². The molecule has 2 amide bonds. The molecule has 1 N–H and O–H groups in total. The maximum atomic E-state index is 12.6. The van der Waals surface area contributed by atoms with Crippen LogP contribution >= 0.6 is 11.8 Å². The quantitative estimate of drug-likeness (QED) is 0.929. The van der Waals surface area contributed by atoms with Gasteiger partial charge >= 0.3 is 6.03 Å². The molecular weight excluding hydrogens is 324 g/mol. The molecule has 1 atom stereocenters. The van der Waals surface area contributed by atoms with E-state index in [9.17, 15) is 4.79 Å². The fraction of sp³-hybridized carbons (Fsp3) is 0.278. The first-order chi connectivity index (χ1) is 11.8. The first-order valence-corrected chi connectivity index (χ1v) is 8.96. The number of hydrogen-bond donors (Lipinski definition) is 1. The number of carbonyl (C=O) groups excluding carboxylic acids is 1. The minimum atomic E-state index is -0.0356. The molecule has 5 nitrogen and oxygen atoms in total. The Morgan fingerprint density at radius 2 is 2.00 bits per heavy atom. The van der Waals surface area contributed by atoms with Gasteiger partial charge in [0.15, 0.2) is 11.5 Å². The summed E-state index contributed by atoms with van der Waals surface area (Å²) in [7, 11) is 0. The normalized spacial score (nSPS) is 18.7. The van der Waals surface area contributed by atoms with Crippen molar-refractivity contribution in [2.75, 3.05) is 19.1 Å². The molecule has 124 valence electrons. The fourth-order valence-corrected chi connectivity index (χ4v) is 4.14. The molecule has 4 rings (SSSR count). The minimum Gasteiger partial charge on any atom is -0.454 e. The van der Waals surface area contributed by atoms with Gasteiger partial charge in [0.25, 0.3) is 0 Å². The maximum absolute atomic E-state index is 12.6. The van der Waals surface area contributed by atoms with E-state index in [1.165, 1.54) is 0 Å². The third-order valence-electron chi connectivity index (χ3n) is 4.12. The predicted octanol–water partition coefficient (Wildman–Crippen LogP) is 3.37. The smallest absolute Gasteiger partial charge is 0.318 e. The highest BCUT2D eigenvalue weighted by Gasteiger charge is 2.31. The van der Waals surface area contributed by atoms with Gasteiger partial charge in [0, 0.05) is 18.8 Å². The number of rotatable bonds is 3. The van der Waals surface area contributed by atoms with Crippen LogP contribution in [-0.2, 0) is 6.54 Å². The molecule has 6 heteroatoms. The summed E-state index contributed by atoms with van der Waals surface area (Å²) in [4.78, 5) is 14.5. The van der Waals surface area contributed by atoms with Crippen molar-refractivity contribution in [2.24, 2.45) is 0 Å². The van der Waals surface area contributed by atoms with E-state index in [1.54, 1.807) is 11.8 Å². The van der Waals surface area contributed by atoms with Crippen LogP contribution in [0.5, 0.6) is 11.5 Å². The van der Waals surface area contributed by atoms with Crippen LogP contribution in [0.25, 0.3) is 0 Å². The number of urea groups is 1. The Bertz CT molecular complexity index is 738. The van der Waals surface area contributed by atoms with Crippen molar-refractivity contribution in [3.63, 3.8) is 0 Å². The fourth-order valence-electron chi connectivity index (χ4n) is 2.90. The topological polar surface area (TPSA) is 50.8 Å². The maximum Gasteiger partial charge on any atom is 0.318 e. The molecule has 2 heterocycles. The van der Waals surface area contributed by atoms with Crippen molar-refractivity contribution < 1.29 is 14.3 Å². The summed E-state index contributed by atoms with van der Waals surface area (Å²) in [5.74, 6) is 2.45. The highest BCUT2D eigenvalue weighted by atomic mass is 32.2. The summed E-state index contributed by atoms with van der Waals surface area (Å²) in [6.45, 7) is 1.54. The van der Waals surface area contributed by atoms with Gasteiger partial charge in [-0.15, -0.1) is 11.8 Å². The number of thioether (sulfide) groups is 1. The first kappa shape index (κ1) is 15.2. The Morgan fingerprint density at radius 3 is 2.88 bits per heavy atom. The predicted molar refractivity (Wildman–Crippen MR) is 93.1 cm³/mol. The number of carbonyl (C=O) groups is 1. The summed E-state index contributed by atoms with van der Waals surface area (Å²) >= 11 is 1.77. The van der Waals surface area contributed by atoms with Gasteiger partial charge in [0.1, 0.15) is 5.37 Å². The molecule has 0 saturated carbocycles. The summed E-state index contributed by atoms with van der Waals surface area (Å²) in [5.41, 5.74) is 2.16. The van der Waals surface area contributed by atoms with E-state index in [-0.39, 0.29) is 18.2 Å². The lowest BCUT2D eigenvalue weighted by atomic mass is 10.2. The average molecular weight is 342 g/mol. The van der Waals surface area contributed by atoms with Crippen LogP contribution in [0.3, 0.4) is 0 Å². The minimum absolute atomic E-state index is 0.00951. The van der Waals surface area contributed by atoms with Crippen LogP contribution in [0.1, 0.15) is 16.5 Å². The van der Waals surface area contributed by atoms with E-state index in [0.29, 0.717) is 6.54 Å². The van der Waals surface area contributed by atoms with Crippen LogP contribution < -0.4 is 14.8 Å². The van der Waals surface area contributed by atoms with Crippen molar-refractivity contribution >= 4 is 17.8 Å². The molecule has 0 bridgehead atoms. The SMILES string of the molecule is O=C(NCc1ccccc1)N1CCSC1c1ccc2c(c1)OCO2. The number of fused-ring (bicyclic) bond motifs is 1. The van der Waals surface area contributed by atoms with E-state index >= 15 is 0 Å². The standard InChI is InChI=1S/C18H18N2O3S/c21-18(19-11-13-4-2-1-3-5-13)20-8-9-24-17(20)14-6-7-15-16(10-14)23-12-22-15/h1-7,10,17H,8-9,11-12H2,(H,19,21). The number of hydrogen-bond acceptors (Lipinski definition) is 4. The molecule has 0 radical (unpaired) electrons. The van der Waals surface area contributed by atoms with Crippen molar-refractivity contribution in [3.8, 4) is 11.5 Å². The van der Waals surface area contributed by atoms with Crippen LogP contribution in [-0.4, -0.2) is 30.0 Å². The van der Waals surface area contributed by atoms with Gasteiger partial charge in [0.05, 0.1) is 0 Å². The zero-order valence-electron chi connectivity index (χ0n) is 13.1. The Hall–Kier alpha value is -2.34. The van der Waals surface area contributed by atoms with E-state index < -0.39 is 0 Å². The molecule has 24 heavy (non-hydrogen) atoms. The number of nitrogens with one attached hydrogen (secondary N) is 1. The lowest BCUT2D eigenvalue weighted by Crippen LogP contribution is -2.39. The zero-order valence-corrected chi connectivity index (χ0v) is 13.9. The third kappa shape index (κ3) is 3.01. The third-order valence-corrected chi connectivity index (χ3v) is 5.38. The number of ether oxygens (including phenoxy) is 2. The van der Waals surface area contributed by atoms with Gasteiger partial charge in [-0.2, -0.15) is 0 Å². The number of nitrogens with zero attached hydrogens (tertiary/aromatic N) is 1. The molecule has 2 aliphatic rings. The van der Waals surface area contributed by atoms with Gasteiger partial charge in [-0.1, -0.05) is 36.4 Å². The highest BCUT2D eigenvalue weighted by molar-refractivity contribution is 7.99. The average Bonchev–Trinajstić information content (AvgIpc) is 3.28. The Morgan fingerprint density at radius 1 is 1.17 bits per heavy atom. The molecule has 0 aromatic heterocycles. The number of benzene rings is 2. The lowest BCUT2D eigenvalue weighted by molar-refractivity contribution is 0.174. The van der Waals surface area contributed by atoms with Crippen molar-refractivity contribution in [1.82, 2.24) is 10.2 Å². The number of amides is 2. The van der Waals surface area contributed by atoms with Gasteiger partial charge in [-0.3, -0.25) is 0 Å². The first-order valence-electron chi connectivity index (χ1n) is 7.91. The Labute approximate surface area is 144 Å². The highest BCUT2D eigenvalue weighted by Crippen LogP contribution is 2.42. The second kappa shape index (κ2) is 6.65. The van der Waals surface area contributed by atoms with Crippen molar-refractivity contribution in [2.45, 2.75) is 11.9 Å². The molecule has 1 unspecified atom stereocenters. The molecule has 0 spiro atoms. The second-order valence-corrected chi connectivity index (χ2v) is 6.86. The summed E-state index contributed by atoms with van der Waals surface area (Å²) in [6, 6.07) is 15.8. The Balaban J connectivity index is 1.45. The van der Waals surface area contributed by atoms with Crippen molar-refractivity contribution in [3.05, 3.63) is 59.7 Å². The zero-order chi connectivity index (χ0) is 16.4. The molecule has 2 aliphatic heterocycles. The van der Waals surface area contributed by atoms with Crippen LogP contribution in [0, 0.1) is 0 Å². The molecule has 1 fully saturated rings. The summed E-state index contributed by atoms with van der Waals surface area (Å²) in [5, 5.41) is 3.02. The van der Waals surface area contributed by atoms with E-state index in [1.807, 2.05) is 53.4 Å². The molecule has 1 saturated heterocycles. The van der Waals surface area contributed by atoms with E-state index in [0.717, 1.165) is 34.9 Å². The Kier molecular flexibility index (Phi) is 4.21. The monoisotopic (exact) mass is 342 g/mol. The molecule has 2 aromatic rings. The second-order valence-electron chi connectivity index (χ2n) is 5.67. The molecular formula is C18H18N2O3S. The largest absolute Gasteiger partial charge is 0.454 e. The summed E-state index contributed by atoms with van der Waals surface area (Å²) in [6.07, 6.45) is 0. The van der Waals surface area contributed by atoms with Gasteiger partial charge in [-0.05, 0) is 23.3 Å². The van der Waals surface area contributed by atoms with Gasteiger partial charge in [-0.25, -0.2) is 4.79 Å². The molecule has 0 aliphatic carbocycles. The van der Waals surface area contributed by atoms with E-state index in [4.69, 9.17) is 9.47 Å². The van der Waals surface area contributed by atoms with Gasteiger partial charge in [0.2, 0.25) is 6.79 Å².